The van der Waals surface area contributed by atoms with Gasteiger partial charge in [0.2, 0.25) is 0 Å². The molecule has 1 aliphatic heterocycles. The van der Waals surface area contributed by atoms with Crippen LogP contribution in [-0.4, -0.2) is 73.4 Å². The van der Waals surface area contributed by atoms with Crippen LogP contribution in [-0.2, 0) is 34.9 Å². The Labute approximate surface area is 210 Å². The number of rotatable bonds is 11. The number of ether oxygens (including phenoxy) is 2. The highest BCUT2D eigenvalue weighted by Gasteiger charge is 2.37. The van der Waals surface area contributed by atoms with Gasteiger partial charge in [0.05, 0.1) is 17.7 Å². The standard InChI is InChI=1S/C25H28F6N2O4/c26-24(27,28)20-13-18(14-21(15-20)25(29,30)31)16-37-22-4-2-1-3-19(22)5-6-32-7-9-33(10-8-32)11-12-36-17-23(34)35/h1-4,13-15H,5-12,16-17H2,(H,34,35). The molecule has 0 spiro atoms. The van der Waals surface area contributed by atoms with E-state index in [9.17, 15) is 31.1 Å². The number of nitrogens with zero attached hydrogens (tertiary/aromatic N) is 2. The van der Waals surface area contributed by atoms with Crippen LogP contribution in [0.25, 0.3) is 0 Å². The maximum atomic E-state index is 13.1. The van der Waals surface area contributed by atoms with Crippen LogP contribution < -0.4 is 4.74 Å². The molecule has 0 bridgehead atoms. The Kier molecular flexibility index (Phi) is 9.80. The lowest BCUT2D eigenvalue weighted by molar-refractivity contribution is -0.144. The van der Waals surface area contributed by atoms with Gasteiger partial charge in [0.25, 0.3) is 0 Å². The summed E-state index contributed by atoms with van der Waals surface area (Å²) in [4.78, 5) is 14.9. The zero-order chi connectivity index (χ0) is 27.1. The van der Waals surface area contributed by atoms with E-state index in [1.807, 2.05) is 6.07 Å². The van der Waals surface area contributed by atoms with Gasteiger partial charge in [0.1, 0.15) is 19.0 Å². The van der Waals surface area contributed by atoms with Gasteiger partial charge in [0.15, 0.2) is 0 Å². The molecule has 204 valence electrons. The van der Waals surface area contributed by atoms with Gasteiger partial charge in [-0.25, -0.2) is 4.79 Å². The molecule has 0 amide bonds. The molecule has 1 heterocycles. The summed E-state index contributed by atoms with van der Waals surface area (Å²) in [6.07, 6.45) is -9.23. The monoisotopic (exact) mass is 534 g/mol. The maximum absolute atomic E-state index is 13.1. The second-order valence-electron chi connectivity index (χ2n) is 8.69. The summed E-state index contributed by atoms with van der Waals surface area (Å²) in [5, 5.41) is 8.59. The molecule has 12 heteroatoms. The first-order chi connectivity index (χ1) is 17.4. The molecule has 1 saturated heterocycles. The summed E-state index contributed by atoms with van der Waals surface area (Å²) < 4.78 is 89.5. The summed E-state index contributed by atoms with van der Waals surface area (Å²) >= 11 is 0. The van der Waals surface area contributed by atoms with Crippen molar-refractivity contribution in [3.8, 4) is 5.75 Å². The van der Waals surface area contributed by atoms with E-state index in [4.69, 9.17) is 14.6 Å². The molecule has 2 aromatic carbocycles. The third-order valence-corrected chi connectivity index (χ3v) is 5.95. The summed E-state index contributed by atoms with van der Waals surface area (Å²) in [6, 6.07) is 8.39. The van der Waals surface area contributed by atoms with Crippen molar-refractivity contribution in [1.29, 1.82) is 0 Å². The van der Waals surface area contributed by atoms with Crippen molar-refractivity contribution < 1.29 is 45.7 Å². The molecule has 0 saturated carbocycles. The summed E-state index contributed by atoms with van der Waals surface area (Å²) in [7, 11) is 0. The van der Waals surface area contributed by atoms with E-state index in [2.05, 4.69) is 9.80 Å². The lowest BCUT2D eigenvalue weighted by atomic mass is 10.0. The second kappa shape index (κ2) is 12.6. The summed E-state index contributed by atoms with van der Waals surface area (Å²) in [5.74, 6) is -0.599. The van der Waals surface area contributed by atoms with E-state index in [1.165, 1.54) is 0 Å². The number of benzene rings is 2. The van der Waals surface area contributed by atoms with Crippen LogP contribution in [0.4, 0.5) is 26.3 Å². The van der Waals surface area contributed by atoms with Gasteiger partial charge in [-0.1, -0.05) is 18.2 Å². The van der Waals surface area contributed by atoms with Gasteiger partial charge in [-0.3, -0.25) is 4.90 Å². The first kappa shape index (κ1) is 28.7. The Bertz CT molecular complexity index is 1000. The minimum absolute atomic E-state index is 0.0975. The quantitative estimate of drug-likeness (QED) is 0.337. The van der Waals surface area contributed by atoms with Crippen LogP contribution in [0.5, 0.6) is 5.75 Å². The van der Waals surface area contributed by atoms with E-state index >= 15 is 0 Å². The summed E-state index contributed by atoms with van der Waals surface area (Å²) in [5.41, 5.74) is -2.17. The minimum Gasteiger partial charge on any atom is -0.489 e. The number of para-hydroxylation sites is 1. The lowest BCUT2D eigenvalue weighted by Crippen LogP contribution is -2.47. The summed E-state index contributed by atoms with van der Waals surface area (Å²) in [6.45, 7) is 4.11. The third-order valence-electron chi connectivity index (χ3n) is 5.95. The van der Waals surface area contributed by atoms with Crippen molar-refractivity contribution in [2.45, 2.75) is 25.4 Å². The number of carboxylic acid groups (broad SMARTS) is 1. The topological polar surface area (TPSA) is 62.2 Å². The van der Waals surface area contributed by atoms with E-state index in [0.717, 1.165) is 31.7 Å². The first-order valence-corrected chi connectivity index (χ1v) is 11.6. The molecule has 37 heavy (non-hydrogen) atoms. The fraction of sp³-hybridized carbons (Fsp3) is 0.480. The van der Waals surface area contributed by atoms with Crippen molar-refractivity contribution in [3.05, 3.63) is 64.7 Å². The second-order valence-corrected chi connectivity index (χ2v) is 8.69. The number of aliphatic carboxylic acids is 1. The van der Waals surface area contributed by atoms with Crippen LogP contribution in [0.2, 0.25) is 0 Å². The average Bonchev–Trinajstić information content (AvgIpc) is 2.84. The molecule has 0 aromatic heterocycles. The van der Waals surface area contributed by atoms with Crippen LogP contribution in [0, 0.1) is 0 Å². The van der Waals surface area contributed by atoms with Gasteiger partial charge in [-0.2, -0.15) is 26.3 Å². The molecule has 3 rings (SSSR count). The Morgan fingerprint density at radius 1 is 0.865 bits per heavy atom. The van der Waals surface area contributed by atoms with Gasteiger partial charge in [0, 0.05) is 39.3 Å². The molecule has 1 aliphatic rings. The van der Waals surface area contributed by atoms with Crippen molar-refractivity contribution in [2.75, 3.05) is 52.5 Å². The van der Waals surface area contributed by atoms with Gasteiger partial charge in [-0.15, -0.1) is 0 Å². The molecule has 0 radical (unpaired) electrons. The van der Waals surface area contributed by atoms with E-state index in [1.54, 1.807) is 18.2 Å². The van der Waals surface area contributed by atoms with Crippen molar-refractivity contribution in [3.63, 3.8) is 0 Å². The highest BCUT2D eigenvalue weighted by molar-refractivity contribution is 5.67. The number of carbonyl (C=O) groups is 1. The largest absolute Gasteiger partial charge is 0.489 e. The highest BCUT2D eigenvalue weighted by atomic mass is 19.4. The first-order valence-electron chi connectivity index (χ1n) is 11.6. The van der Waals surface area contributed by atoms with E-state index in [-0.39, 0.29) is 18.2 Å². The number of halogens is 6. The smallest absolute Gasteiger partial charge is 0.416 e. The SMILES string of the molecule is O=C(O)COCCN1CCN(CCc2ccccc2OCc2cc(C(F)(F)F)cc(C(F)(F)F)c2)CC1. The average molecular weight is 534 g/mol. The molecule has 1 fully saturated rings. The zero-order valence-electron chi connectivity index (χ0n) is 19.9. The van der Waals surface area contributed by atoms with E-state index < -0.39 is 36.1 Å². The lowest BCUT2D eigenvalue weighted by Gasteiger charge is -2.34. The number of alkyl halides is 6. The highest BCUT2D eigenvalue weighted by Crippen LogP contribution is 2.36. The molecule has 1 N–H and O–H groups in total. The predicted octanol–water partition coefficient (Wildman–Crippen LogP) is 4.56. The fourth-order valence-electron chi connectivity index (χ4n) is 3.98. The molecular formula is C25H28F6N2O4. The maximum Gasteiger partial charge on any atom is 0.416 e. The number of hydrogen-bond acceptors (Lipinski definition) is 5. The zero-order valence-corrected chi connectivity index (χ0v) is 19.9. The Hall–Kier alpha value is -2.83. The number of piperazine rings is 1. The van der Waals surface area contributed by atoms with Crippen LogP contribution >= 0.6 is 0 Å². The number of carboxylic acids is 1. The Morgan fingerprint density at radius 3 is 2.00 bits per heavy atom. The molecule has 0 unspecified atom stereocenters. The predicted molar refractivity (Wildman–Crippen MR) is 122 cm³/mol. The van der Waals surface area contributed by atoms with Gasteiger partial charge >= 0.3 is 18.3 Å². The van der Waals surface area contributed by atoms with Gasteiger partial charge < -0.3 is 19.5 Å². The van der Waals surface area contributed by atoms with Crippen molar-refractivity contribution in [1.82, 2.24) is 9.80 Å². The normalized spacial score (nSPS) is 15.6. The molecule has 6 nitrogen and oxygen atoms in total. The van der Waals surface area contributed by atoms with Crippen molar-refractivity contribution in [2.24, 2.45) is 0 Å². The van der Waals surface area contributed by atoms with Gasteiger partial charge in [-0.05, 0) is 41.8 Å². The molecule has 2 aromatic rings. The van der Waals surface area contributed by atoms with Crippen molar-refractivity contribution >= 4 is 5.97 Å². The molecule has 0 atom stereocenters. The molecule has 0 aliphatic carbocycles. The van der Waals surface area contributed by atoms with E-state index in [0.29, 0.717) is 44.0 Å². The number of hydrogen-bond donors (Lipinski definition) is 1. The molecular weight excluding hydrogens is 506 g/mol. The fourth-order valence-corrected chi connectivity index (χ4v) is 3.98. The van der Waals surface area contributed by atoms with Crippen LogP contribution in [0.3, 0.4) is 0 Å². The minimum atomic E-state index is -4.91. The third kappa shape index (κ3) is 9.20. The van der Waals surface area contributed by atoms with Crippen LogP contribution in [0.1, 0.15) is 22.3 Å². The Balaban J connectivity index is 1.54. The van der Waals surface area contributed by atoms with Crippen LogP contribution in [0.15, 0.2) is 42.5 Å². The Morgan fingerprint density at radius 2 is 1.43 bits per heavy atom.